The number of carbonyl (C=O) groups is 3. The van der Waals surface area contributed by atoms with Crippen LogP contribution >= 0.6 is 35.0 Å². The molecule has 2 amide bonds. The number of rotatable bonds is 9. The highest BCUT2D eigenvalue weighted by Gasteiger charge is 2.37. The molecule has 0 aliphatic carbocycles. The largest absolute Gasteiger partial charge is 0.493 e. The highest BCUT2D eigenvalue weighted by Crippen LogP contribution is 2.38. The molecule has 0 aromatic heterocycles. The second-order valence-corrected chi connectivity index (χ2v) is 9.58. The normalized spacial score (nSPS) is 14.8. The van der Waals surface area contributed by atoms with Crippen LogP contribution in [0.2, 0.25) is 10.0 Å². The molecule has 2 aromatic carbocycles. The highest BCUT2D eigenvalue weighted by atomic mass is 35.5. The molecule has 0 unspecified atom stereocenters. The Kier molecular flexibility index (Phi) is 8.88. The van der Waals surface area contributed by atoms with E-state index in [4.69, 9.17) is 37.4 Å². The molecule has 3 rings (SSSR count). The molecule has 0 radical (unpaired) electrons. The van der Waals surface area contributed by atoms with Crippen molar-refractivity contribution in [3.63, 3.8) is 0 Å². The van der Waals surface area contributed by atoms with E-state index in [2.05, 4.69) is 0 Å². The number of hydrogen-bond acceptors (Lipinski definition) is 7. The molecule has 2 aromatic rings. The maximum absolute atomic E-state index is 12.8. The predicted octanol–water partition coefficient (Wildman–Crippen LogP) is 5.82. The molecule has 0 saturated carbocycles. The third-order valence-corrected chi connectivity index (χ3v) is 6.14. The van der Waals surface area contributed by atoms with Crippen molar-refractivity contribution in [1.82, 2.24) is 4.90 Å². The SMILES string of the molecule is COc1cccc(/C=C2/SC(=O)N(CC(=O)OCC(C)C)C2=O)c1OCc1ccc(Cl)cc1Cl. The highest BCUT2D eigenvalue weighted by molar-refractivity contribution is 8.18. The molecule has 7 nitrogen and oxygen atoms in total. The van der Waals surface area contributed by atoms with E-state index in [1.807, 2.05) is 13.8 Å². The van der Waals surface area contributed by atoms with Gasteiger partial charge in [0, 0.05) is 21.2 Å². The quantitative estimate of drug-likeness (QED) is 0.302. The number of hydrogen-bond donors (Lipinski definition) is 0. The van der Waals surface area contributed by atoms with E-state index in [0.29, 0.717) is 32.7 Å². The van der Waals surface area contributed by atoms with Crippen molar-refractivity contribution in [3.8, 4) is 11.5 Å². The Hall–Kier alpha value is -2.68. The van der Waals surface area contributed by atoms with Gasteiger partial charge in [0.15, 0.2) is 11.5 Å². The van der Waals surface area contributed by atoms with Gasteiger partial charge in [-0.15, -0.1) is 0 Å². The van der Waals surface area contributed by atoms with Crippen LogP contribution in [0.4, 0.5) is 4.79 Å². The van der Waals surface area contributed by atoms with Crippen molar-refractivity contribution in [2.24, 2.45) is 5.92 Å². The lowest BCUT2D eigenvalue weighted by atomic mass is 10.1. The summed E-state index contributed by atoms with van der Waals surface area (Å²) in [5.74, 6) is -0.254. The van der Waals surface area contributed by atoms with Crippen molar-refractivity contribution in [2.45, 2.75) is 20.5 Å². The van der Waals surface area contributed by atoms with Crippen molar-refractivity contribution in [1.29, 1.82) is 0 Å². The van der Waals surface area contributed by atoms with Crippen LogP contribution in [0, 0.1) is 5.92 Å². The fourth-order valence-electron chi connectivity index (χ4n) is 2.96. The van der Waals surface area contributed by atoms with Crippen LogP contribution < -0.4 is 9.47 Å². The summed E-state index contributed by atoms with van der Waals surface area (Å²) in [4.78, 5) is 38.2. The molecule has 1 fully saturated rings. The minimum atomic E-state index is -0.637. The first-order valence-electron chi connectivity index (χ1n) is 10.3. The first kappa shape index (κ1) is 25.9. The molecule has 1 aliphatic heterocycles. The summed E-state index contributed by atoms with van der Waals surface area (Å²) < 4.78 is 16.5. The molecular formula is C24H23Cl2NO6S. The van der Waals surface area contributed by atoms with E-state index in [1.165, 1.54) is 13.2 Å². The van der Waals surface area contributed by atoms with Gasteiger partial charge in [-0.25, -0.2) is 0 Å². The topological polar surface area (TPSA) is 82.1 Å². The number of thioether (sulfide) groups is 1. The molecule has 180 valence electrons. The van der Waals surface area contributed by atoms with E-state index in [0.717, 1.165) is 16.7 Å². The Labute approximate surface area is 211 Å². The zero-order valence-corrected chi connectivity index (χ0v) is 21.1. The Bertz CT molecular complexity index is 1130. The van der Waals surface area contributed by atoms with Gasteiger partial charge in [0.1, 0.15) is 13.2 Å². The molecule has 34 heavy (non-hydrogen) atoms. The van der Waals surface area contributed by atoms with Crippen LogP contribution in [-0.2, 0) is 20.9 Å². The Morgan fingerprint density at radius 1 is 1.18 bits per heavy atom. The van der Waals surface area contributed by atoms with E-state index in [-0.39, 0.29) is 24.0 Å². The number of benzene rings is 2. The van der Waals surface area contributed by atoms with Crippen LogP contribution in [-0.4, -0.2) is 42.3 Å². The molecule has 1 aliphatic rings. The Morgan fingerprint density at radius 2 is 1.94 bits per heavy atom. The van der Waals surface area contributed by atoms with Gasteiger partial charge in [-0.1, -0.05) is 55.2 Å². The molecule has 1 saturated heterocycles. The average Bonchev–Trinajstić information content (AvgIpc) is 3.05. The number of halogens is 2. The van der Waals surface area contributed by atoms with Crippen LogP contribution in [0.15, 0.2) is 41.3 Å². The summed E-state index contributed by atoms with van der Waals surface area (Å²) in [6, 6.07) is 10.3. The van der Waals surface area contributed by atoms with E-state index in [1.54, 1.807) is 36.4 Å². The predicted molar refractivity (Wildman–Crippen MR) is 132 cm³/mol. The van der Waals surface area contributed by atoms with Crippen molar-refractivity contribution < 1.29 is 28.6 Å². The Morgan fingerprint density at radius 3 is 2.62 bits per heavy atom. The zero-order chi connectivity index (χ0) is 24.8. The number of nitrogens with zero attached hydrogens (tertiary/aromatic N) is 1. The summed E-state index contributed by atoms with van der Waals surface area (Å²) in [6.07, 6.45) is 1.53. The van der Waals surface area contributed by atoms with Gasteiger partial charge in [0.25, 0.3) is 11.1 Å². The van der Waals surface area contributed by atoms with Crippen molar-refractivity contribution in [2.75, 3.05) is 20.3 Å². The molecule has 0 N–H and O–H groups in total. The first-order chi connectivity index (χ1) is 16.2. The second kappa shape index (κ2) is 11.6. The first-order valence-corrected chi connectivity index (χ1v) is 11.9. The zero-order valence-electron chi connectivity index (χ0n) is 18.8. The van der Waals surface area contributed by atoms with E-state index < -0.39 is 23.7 Å². The number of imide groups is 1. The molecule has 1 heterocycles. The number of ether oxygens (including phenoxy) is 3. The van der Waals surface area contributed by atoms with Crippen LogP contribution in [0.3, 0.4) is 0 Å². The molecule has 10 heteroatoms. The van der Waals surface area contributed by atoms with Crippen LogP contribution in [0.5, 0.6) is 11.5 Å². The van der Waals surface area contributed by atoms with Gasteiger partial charge >= 0.3 is 5.97 Å². The third kappa shape index (κ3) is 6.46. The van der Waals surface area contributed by atoms with E-state index >= 15 is 0 Å². The molecular weight excluding hydrogens is 501 g/mol. The standard InChI is InChI=1S/C24H23Cl2NO6S/c1-14(2)12-32-21(28)11-27-23(29)20(34-24(27)30)9-15-5-4-6-19(31-3)22(15)33-13-16-7-8-17(25)10-18(16)26/h4-10,14H,11-13H2,1-3H3/b20-9+. The summed E-state index contributed by atoms with van der Waals surface area (Å²) in [7, 11) is 1.50. The van der Waals surface area contributed by atoms with Gasteiger partial charge in [0.05, 0.1) is 18.6 Å². The average molecular weight is 524 g/mol. The van der Waals surface area contributed by atoms with Crippen LogP contribution in [0.25, 0.3) is 6.08 Å². The smallest absolute Gasteiger partial charge is 0.326 e. The number of carbonyl (C=O) groups excluding carboxylic acids is 3. The lowest BCUT2D eigenvalue weighted by Gasteiger charge is -2.15. The van der Waals surface area contributed by atoms with Crippen LogP contribution in [0.1, 0.15) is 25.0 Å². The van der Waals surface area contributed by atoms with E-state index in [9.17, 15) is 14.4 Å². The summed E-state index contributed by atoms with van der Waals surface area (Å²) >= 11 is 12.9. The lowest BCUT2D eigenvalue weighted by molar-refractivity contribution is -0.147. The third-order valence-electron chi connectivity index (χ3n) is 4.64. The molecule has 0 spiro atoms. The minimum Gasteiger partial charge on any atom is -0.493 e. The number of esters is 1. The van der Waals surface area contributed by atoms with Crippen molar-refractivity contribution >= 4 is 58.2 Å². The maximum Gasteiger partial charge on any atom is 0.326 e. The number of para-hydroxylation sites is 1. The van der Waals surface area contributed by atoms with Gasteiger partial charge in [-0.2, -0.15) is 0 Å². The molecule has 0 atom stereocenters. The fourth-order valence-corrected chi connectivity index (χ4v) is 4.25. The van der Waals surface area contributed by atoms with Gasteiger partial charge in [-0.3, -0.25) is 19.3 Å². The number of methoxy groups -OCH3 is 1. The van der Waals surface area contributed by atoms with Gasteiger partial charge in [-0.05, 0) is 42.0 Å². The second-order valence-electron chi connectivity index (χ2n) is 7.75. The monoisotopic (exact) mass is 523 g/mol. The van der Waals surface area contributed by atoms with Crippen molar-refractivity contribution in [3.05, 3.63) is 62.5 Å². The summed E-state index contributed by atoms with van der Waals surface area (Å²) in [5, 5.41) is 0.418. The summed E-state index contributed by atoms with van der Waals surface area (Å²) in [6.45, 7) is 3.69. The summed E-state index contributed by atoms with van der Waals surface area (Å²) in [5.41, 5.74) is 1.24. The number of amides is 2. The fraction of sp³-hybridized carbons (Fsp3) is 0.292. The Balaban J connectivity index is 1.81. The molecule has 0 bridgehead atoms. The van der Waals surface area contributed by atoms with Gasteiger partial charge < -0.3 is 14.2 Å². The van der Waals surface area contributed by atoms with Gasteiger partial charge in [0.2, 0.25) is 0 Å². The maximum atomic E-state index is 12.8. The minimum absolute atomic E-state index is 0.125. The lowest BCUT2D eigenvalue weighted by Crippen LogP contribution is -2.34.